The predicted molar refractivity (Wildman–Crippen MR) is 119 cm³/mol. The molecule has 4 aromatic rings. The molecule has 1 aliphatic rings. The van der Waals surface area contributed by atoms with Crippen LogP contribution in [0, 0.1) is 0 Å². The van der Waals surface area contributed by atoms with Crippen molar-refractivity contribution >= 4 is 38.5 Å². The Kier molecular flexibility index (Phi) is 4.62. The average Bonchev–Trinajstić information content (AvgIpc) is 3.26. The van der Waals surface area contributed by atoms with E-state index in [-0.39, 0.29) is 5.56 Å². The van der Waals surface area contributed by atoms with Crippen molar-refractivity contribution in [2.24, 2.45) is 7.05 Å². The third kappa shape index (κ3) is 3.04. The Labute approximate surface area is 173 Å². The Balaban J connectivity index is 1.55. The van der Waals surface area contributed by atoms with E-state index in [2.05, 4.69) is 22.9 Å². The van der Waals surface area contributed by atoms with Gasteiger partial charge in [-0.25, -0.2) is 9.97 Å². The number of hydrogen-bond donors (Lipinski definition) is 1. The summed E-state index contributed by atoms with van der Waals surface area (Å²) in [6.45, 7) is 3.28. The fourth-order valence-corrected chi connectivity index (χ4v) is 5.57. The van der Waals surface area contributed by atoms with E-state index in [1.165, 1.54) is 23.3 Å². The van der Waals surface area contributed by atoms with Crippen LogP contribution in [0.1, 0.15) is 42.5 Å². The van der Waals surface area contributed by atoms with E-state index in [1.54, 1.807) is 11.3 Å². The smallest absolute Gasteiger partial charge is 0.263 e. The Morgan fingerprint density at radius 3 is 2.83 bits per heavy atom. The summed E-state index contributed by atoms with van der Waals surface area (Å²) in [4.78, 5) is 25.2. The van der Waals surface area contributed by atoms with Crippen LogP contribution in [0.15, 0.2) is 29.1 Å². The fourth-order valence-electron chi connectivity index (χ4n) is 4.32. The largest absolute Gasteiger partial charge is 0.348 e. The van der Waals surface area contributed by atoms with Crippen LogP contribution in [0.2, 0.25) is 0 Å². The van der Waals surface area contributed by atoms with Gasteiger partial charge >= 0.3 is 0 Å². The molecule has 0 aliphatic heterocycles. The van der Waals surface area contributed by atoms with Gasteiger partial charge in [-0.15, -0.1) is 11.3 Å². The molecular formula is C22H25N5OS. The molecule has 7 heteroatoms. The summed E-state index contributed by atoms with van der Waals surface area (Å²) < 4.78 is 3.90. The lowest BCUT2D eigenvalue weighted by molar-refractivity contribution is 0.649. The number of nitrogens with one attached hydrogen (secondary N) is 1. The quantitative estimate of drug-likeness (QED) is 0.537. The first-order valence-electron chi connectivity index (χ1n) is 10.4. The second kappa shape index (κ2) is 7.30. The highest BCUT2D eigenvalue weighted by Crippen LogP contribution is 2.34. The van der Waals surface area contributed by atoms with Crippen molar-refractivity contribution in [2.45, 2.75) is 52.1 Å². The molecule has 0 radical (unpaired) electrons. The Morgan fingerprint density at radius 2 is 2.00 bits per heavy atom. The van der Waals surface area contributed by atoms with E-state index >= 15 is 0 Å². The normalized spacial score (nSPS) is 13.9. The lowest BCUT2D eigenvalue weighted by atomic mass is 9.97. The molecule has 0 saturated carbocycles. The van der Waals surface area contributed by atoms with Gasteiger partial charge in [0.15, 0.2) is 0 Å². The van der Waals surface area contributed by atoms with Crippen molar-refractivity contribution in [3.8, 4) is 0 Å². The highest BCUT2D eigenvalue weighted by atomic mass is 32.1. The number of aryl methyl sites for hydroxylation is 3. The summed E-state index contributed by atoms with van der Waals surface area (Å²) in [5.74, 6) is 1.57. The molecular weight excluding hydrogens is 382 g/mol. The molecule has 0 fully saturated rings. The second-order valence-corrected chi connectivity index (χ2v) is 8.80. The summed E-state index contributed by atoms with van der Waals surface area (Å²) in [5, 5.41) is 4.26. The minimum absolute atomic E-state index is 0.101. The van der Waals surface area contributed by atoms with E-state index in [9.17, 15) is 4.79 Å². The van der Waals surface area contributed by atoms with Gasteiger partial charge in [-0.1, -0.05) is 19.1 Å². The maximum absolute atomic E-state index is 13.4. The van der Waals surface area contributed by atoms with Gasteiger partial charge in [0, 0.05) is 18.5 Å². The third-order valence-corrected chi connectivity index (χ3v) is 6.99. The van der Waals surface area contributed by atoms with Gasteiger partial charge in [-0.3, -0.25) is 9.36 Å². The maximum Gasteiger partial charge on any atom is 0.263 e. The molecule has 1 N–H and O–H groups in total. The number of anilines is 1. The molecule has 6 nitrogen and oxygen atoms in total. The van der Waals surface area contributed by atoms with Crippen molar-refractivity contribution in [1.82, 2.24) is 19.1 Å². The minimum atomic E-state index is 0.101. The molecule has 5 rings (SSSR count). The van der Waals surface area contributed by atoms with Gasteiger partial charge in [0.2, 0.25) is 5.95 Å². The van der Waals surface area contributed by atoms with Crippen molar-refractivity contribution in [2.75, 3.05) is 5.32 Å². The number of para-hydroxylation sites is 2. The zero-order chi connectivity index (χ0) is 20.0. The van der Waals surface area contributed by atoms with Crippen LogP contribution in [0.3, 0.4) is 0 Å². The Bertz CT molecular complexity index is 1270. The standard InChI is InChI=1S/C22H25N5OS/c1-3-12-27-21(28)19-14-8-4-7-11-17(14)29-20(19)25-22(27)23-13-18-24-15-9-5-6-10-16(15)26(18)2/h5-6,9-10H,3-4,7-8,11-13H2,1-2H3,(H,23,25). The number of imidazole rings is 1. The summed E-state index contributed by atoms with van der Waals surface area (Å²) in [7, 11) is 2.02. The molecule has 0 unspecified atom stereocenters. The van der Waals surface area contributed by atoms with Crippen molar-refractivity contribution in [3.05, 3.63) is 50.9 Å². The van der Waals surface area contributed by atoms with Crippen molar-refractivity contribution < 1.29 is 0 Å². The summed E-state index contributed by atoms with van der Waals surface area (Å²) in [6.07, 6.45) is 5.34. The Morgan fingerprint density at radius 1 is 1.17 bits per heavy atom. The number of fused-ring (bicyclic) bond motifs is 4. The van der Waals surface area contributed by atoms with Crippen molar-refractivity contribution in [3.63, 3.8) is 0 Å². The molecule has 3 aromatic heterocycles. The van der Waals surface area contributed by atoms with Crippen LogP contribution in [0.5, 0.6) is 0 Å². The summed E-state index contributed by atoms with van der Waals surface area (Å²) in [6, 6.07) is 8.11. The van der Waals surface area contributed by atoms with Gasteiger partial charge in [-0.05, 0) is 49.8 Å². The van der Waals surface area contributed by atoms with E-state index in [0.717, 1.165) is 46.3 Å². The topological polar surface area (TPSA) is 64.7 Å². The summed E-state index contributed by atoms with van der Waals surface area (Å²) >= 11 is 1.70. The molecule has 1 aliphatic carbocycles. The lowest BCUT2D eigenvalue weighted by Crippen LogP contribution is -2.25. The third-order valence-electron chi connectivity index (χ3n) is 5.81. The fraction of sp³-hybridized carbons (Fsp3) is 0.409. The molecule has 3 heterocycles. The highest BCUT2D eigenvalue weighted by Gasteiger charge is 2.22. The molecule has 0 bridgehead atoms. The molecule has 0 spiro atoms. The van der Waals surface area contributed by atoms with E-state index in [0.29, 0.717) is 19.0 Å². The van der Waals surface area contributed by atoms with E-state index < -0.39 is 0 Å². The monoisotopic (exact) mass is 407 g/mol. The van der Waals surface area contributed by atoms with Gasteiger partial charge in [0.25, 0.3) is 5.56 Å². The molecule has 0 saturated heterocycles. The number of rotatable bonds is 5. The van der Waals surface area contributed by atoms with Gasteiger partial charge in [0.1, 0.15) is 10.7 Å². The molecule has 1 aromatic carbocycles. The van der Waals surface area contributed by atoms with E-state index in [1.807, 2.05) is 29.8 Å². The zero-order valence-corrected chi connectivity index (χ0v) is 17.7. The van der Waals surface area contributed by atoms with Gasteiger partial charge in [0.05, 0.1) is 23.0 Å². The Hall–Kier alpha value is -2.67. The average molecular weight is 408 g/mol. The van der Waals surface area contributed by atoms with Crippen LogP contribution in [-0.2, 0) is 33.0 Å². The first-order chi connectivity index (χ1) is 14.2. The maximum atomic E-state index is 13.4. The molecule has 29 heavy (non-hydrogen) atoms. The minimum Gasteiger partial charge on any atom is -0.348 e. The van der Waals surface area contributed by atoms with E-state index in [4.69, 9.17) is 9.97 Å². The van der Waals surface area contributed by atoms with Gasteiger partial charge < -0.3 is 9.88 Å². The molecule has 0 amide bonds. The molecule has 150 valence electrons. The number of benzene rings is 1. The number of nitrogens with zero attached hydrogens (tertiary/aromatic N) is 4. The zero-order valence-electron chi connectivity index (χ0n) is 16.9. The molecule has 0 atom stereocenters. The van der Waals surface area contributed by atoms with Crippen molar-refractivity contribution in [1.29, 1.82) is 0 Å². The lowest BCUT2D eigenvalue weighted by Gasteiger charge is -2.14. The van der Waals surface area contributed by atoms with Crippen LogP contribution < -0.4 is 10.9 Å². The SMILES string of the molecule is CCCn1c(NCc2nc3ccccc3n2C)nc2sc3c(c2c1=O)CCCC3. The number of hydrogen-bond acceptors (Lipinski definition) is 5. The van der Waals surface area contributed by atoms with Crippen LogP contribution in [-0.4, -0.2) is 19.1 Å². The number of aromatic nitrogens is 4. The first-order valence-corrected chi connectivity index (χ1v) is 11.2. The van der Waals surface area contributed by atoms with Gasteiger partial charge in [-0.2, -0.15) is 0 Å². The predicted octanol–water partition coefficient (Wildman–Crippen LogP) is 4.25. The van der Waals surface area contributed by atoms with Crippen LogP contribution in [0.4, 0.5) is 5.95 Å². The number of thiophene rings is 1. The van der Waals surface area contributed by atoms with Crippen LogP contribution >= 0.6 is 11.3 Å². The first kappa shape index (κ1) is 18.4. The summed E-state index contributed by atoms with van der Waals surface area (Å²) in [5.41, 5.74) is 3.43. The van der Waals surface area contributed by atoms with Crippen LogP contribution in [0.25, 0.3) is 21.3 Å². The second-order valence-electron chi connectivity index (χ2n) is 7.71. The highest BCUT2D eigenvalue weighted by molar-refractivity contribution is 7.18.